The molecule has 6 nitrogen and oxygen atoms in total. The molecule has 0 amide bonds. The quantitative estimate of drug-likeness (QED) is 0.871. The number of methoxy groups -OCH3 is 1. The zero-order valence-electron chi connectivity index (χ0n) is 10.4. The summed E-state index contributed by atoms with van der Waals surface area (Å²) in [5.41, 5.74) is 0.953. The van der Waals surface area contributed by atoms with E-state index in [9.17, 15) is 9.90 Å². The molecule has 1 aromatic carbocycles. The average molecular weight is 282 g/mol. The van der Waals surface area contributed by atoms with Crippen molar-refractivity contribution in [1.82, 2.24) is 15.0 Å². The summed E-state index contributed by atoms with van der Waals surface area (Å²) in [5, 5.41) is 18.0. The number of hydrogen-bond acceptors (Lipinski definition) is 5. The van der Waals surface area contributed by atoms with Gasteiger partial charge in [0.05, 0.1) is 12.8 Å². The van der Waals surface area contributed by atoms with Crippen molar-refractivity contribution >= 4 is 17.6 Å². The van der Waals surface area contributed by atoms with E-state index in [2.05, 4.69) is 10.3 Å². The number of esters is 1. The molecule has 0 atom stereocenters. The molecule has 0 unspecified atom stereocenters. The molecule has 0 aliphatic rings. The fourth-order valence-electron chi connectivity index (χ4n) is 1.69. The summed E-state index contributed by atoms with van der Waals surface area (Å²) >= 11 is 5.88. The normalized spacial score (nSPS) is 10.5. The Labute approximate surface area is 114 Å². The lowest BCUT2D eigenvalue weighted by molar-refractivity contribution is 0.0589. The maximum absolute atomic E-state index is 11.8. The van der Waals surface area contributed by atoms with Crippen LogP contribution in [0.25, 0.3) is 5.69 Å². The zero-order chi connectivity index (χ0) is 14.0. The maximum Gasteiger partial charge on any atom is 0.358 e. The molecule has 1 heterocycles. The van der Waals surface area contributed by atoms with E-state index in [0.717, 1.165) is 0 Å². The van der Waals surface area contributed by atoms with Gasteiger partial charge < -0.3 is 9.84 Å². The van der Waals surface area contributed by atoms with Gasteiger partial charge in [0.15, 0.2) is 5.69 Å². The third-order valence-electron chi connectivity index (χ3n) is 2.62. The van der Waals surface area contributed by atoms with Crippen molar-refractivity contribution in [3.05, 3.63) is 34.6 Å². The van der Waals surface area contributed by atoms with Crippen molar-refractivity contribution in [3.8, 4) is 11.4 Å². The number of carbonyl (C=O) groups excluding carboxylic acids is 1. The minimum Gasteiger partial charge on any atom is -0.506 e. The minimum atomic E-state index is -0.568. The molecular weight excluding hydrogens is 270 g/mol. The van der Waals surface area contributed by atoms with Gasteiger partial charge in [0.25, 0.3) is 0 Å². The Morgan fingerprint density at radius 2 is 2.26 bits per heavy atom. The highest BCUT2D eigenvalue weighted by atomic mass is 35.5. The molecule has 19 heavy (non-hydrogen) atoms. The monoisotopic (exact) mass is 281 g/mol. The number of aryl methyl sites for hydroxylation is 1. The largest absolute Gasteiger partial charge is 0.506 e. The van der Waals surface area contributed by atoms with E-state index in [1.165, 1.54) is 30.0 Å². The van der Waals surface area contributed by atoms with E-state index in [1.807, 2.05) is 6.92 Å². The van der Waals surface area contributed by atoms with Crippen molar-refractivity contribution in [2.75, 3.05) is 7.11 Å². The molecule has 100 valence electrons. The van der Waals surface area contributed by atoms with E-state index >= 15 is 0 Å². The van der Waals surface area contributed by atoms with Crippen LogP contribution in [0.3, 0.4) is 0 Å². The number of benzene rings is 1. The first-order valence-corrected chi connectivity index (χ1v) is 5.98. The number of rotatable bonds is 3. The van der Waals surface area contributed by atoms with Crippen LogP contribution in [0.2, 0.25) is 5.02 Å². The molecule has 1 aromatic heterocycles. The summed E-state index contributed by atoms with van der Waals surface area (Å²) in [7, 11) is 1.27. The summed E-state index contributed by atoms with van der Waals surface area (Å²) in [6.07, 6.45) is 0.520. The molecule has 0 saturated carbocycles. The topological polar surface area (TPSA) is 77.2 Å². The van der Waals surface area contributed by atoms with E-state index in [-0.39, 0.29) is 17.1 Å². The number of ether oxygens (including phenoxy) is 1. The zero-order valence-corrected chi connectivity index (χ0v) is 11.2. The van der Waals surface area contributed by atoms with Gasteiger partial charge in [-0.15, -0.1) is 5.10 Å². The van der Waals surface area contributed by atoms with Crippen molar-refractivity contribution < 1.29 is 14.6 Å². The predicted molar refractivity (Wildman–Crippen MR) is 68.8 cm³/mol. The molecule has 0 radical (unpaired) electrons. The highest BCUT2D eigenvalue weighted by Gasteiger charge is 2.22. The van der Waals surface area contributed by atoms with Gasteiger partial charge in [0.1, 0.15) is 11.4 Å². The lowest BCUT2D eigenvalue weighted by Crippen LogP contribution is -2.12. The minimum absolute atomic E-state index is 0.0536. The molecule has 0 fully saturated rings. The van der Waals surface area contributed by atoms with Crippen LogP contribution < -0.4 is 0 Å². The lowest BCUT2D eigenvalue weighted by Gasteiger charge is -2.08. The van der Waals surface area contributed by atoms with Crippen LogP contribution in [0.15, 0.2) is 18.2 Å². The van der Waals surface area contributed by atoms with Crippen LogP contribution in [-0.2, 0) is 11.2 Å². The first-order chi connectivity index (χ1) is 9.08. The molecule has 1 N–H and O–H groups in total. The smallest absolute Gasteiger partial charge is 0.358 e. The summed E-state index contributed by atoms with van der Waals surface area (Å²) in [5.74, 6) is -0.622. The standard InChI is InChI=1S/C12H12ClN3O3/c1-3-8-11(12(18)19-2)16(15-14-8)9-6-7(13)4-5-10(9)17/h4-6,17H,3H2,1-2H3. The van der Waals surface area contributed by atoms with Gasteiger partial charge in [-0.05, 0) is 24.6 Å². The second-order valence-electron chi connectivity index (χ2n) is 3.77. The number of halogens is 1. The van der Waals surface area contributed by atoms with Crippen molar-refractivity contribution in [3.63, 3.8) is 0 Å². The van der Waals surface area contributed by atoms with E-state index in [1.54, 1.807) is 0 Å². The number of aromatic nitrogens is 3. The summed E-state index contributed by atoms with van der Waals surface area (Å²) in [4.78, 5) is 11.8. The molecule has 0 saturated heterocycles. The Balaban J connectivity index is 2.65. The van der Waals surface area contributed by atoms with Crippen molar-refractivity contribution in [1.29, 1.82) is 0 Å². The Kier molecular flexibility index (Phi) is 3.71. The van der Waals surface area contributed by atoms with Crippen LogP contribution >= 0.6 is 11.6 Å². The number of phenols is 1. The third kappa shape index (κ3) is 2.39. The number of nitrogens with zero attached hydrogens (tertiary/aromatic N) is 3. The van der Waals surface area contributed by atoms with Crippen LogP contribution in [-0.4, -0.2) is 33.2 Å². The van der Waals surface area contributed by atoms with Crippen LogP contribution in [0.4, 0.5) is 0 Å². The molecule has 0 aliphatic heterocycles. The predicted octanol–water partition coefficient (Wildman–Crippen LogP) is 1.98. The summed E-state index contributed by atoms with van der Waals surface area (Å²) < 4.78 is 5.94. The van der Waals surface area contributed by atoms with Gasteiger partial charge >= 0.3 is 5.97 Å². The van der Waals surface area contributed by atoms with Gasteiger partial charge in [-0.2, -0.15) is 0 Å². The first kappa shape index (κ1) is 13.4. The molecule has 7 heteroatoms. The Morgan fingerprint density at radius 3 is 2.89 bits per heavy atom. The molecule has 2 rings (SSSR count). The van der Waals surface area contributed by atoms with Crippen molar-refractivity contribution in [2.24, 2.45) is 0 Å². The van der Waals surface area contributed by atoms with Crippen LogP contribution in [0.5, 0.6) is 5.75 Å². The van der Waals surface area contributed by atoms with Gasteiger partial charge in [0, 0.05) is 5.02 Å². The maximum atomic E-state index is 11.8. The lowest BCUT2D eigenvalue weighted by atomic mass is 10.2. The van der Waals surface area contributed by atoms with E-state index in [0.29, 0.717) is 17.1 Å². The van der Waals surface area contributed by atoms with Crippen LogP contribution in [0, 0.1) is 0 Å². The van der Waals surface area contributed by atoms with Gasteiger partial charge in [-0.1, -0.05) is 23.7 Å². The number of phenolic OH excluding ortho intramolecular Hbond substituents is 1. The Bertz CT molecular complexity index is 625. The molecular formula is C12H12ClN3O3. The fourth-order valence-corrected chi connectivity index (χ4v) is 1.85. The number of carbonyl (C=O) groups is 1. The number of hydrogen-bond donors (Lipinski definition) is 1. The average Bonchev–Trinajstić information content (AvgIpc) is 2.84. The Morgan fingerprint density at radius 1 is 1.53 bits per heavy atom. The highest BCUT2D eigenvalue weighted by Crippen LogP contribution is 2.26. The first-order valence-electron chi connectivity index (χ1n) is 5.60. The second kappa shape index (κ2) is 5.27. The number of aromatic hydroxyl groups is 1. The second-order valence-corrected chi connectivity index (χ2v) is 4.21. The third-order valence-corrected chi connectivity index (χ3v) is 2.85. The molecule has 2 aromatic rings. The van der Waals surface area contributed by atoms with E-state index in [4.69, 9.17) is 16.3 Å². The summed E-state index contributed by atoms with van der Waals surface area (Å²) in [6, 6.07) is 4.46. The Hall–Kier alpha value is -2.08. The summed E-state index contributed by atoms with van der Waals surface area (Å²) in [6.45, 7) is 1.85. The molecule has 0 aliphatic carbocycles. The molecule has 0 bridgehead atoms. The van der Waals surface area contributed by atoms with Gasteiger partial charge in [-0.3, -0.25) is 0 Å². The SMILES string of the molecule is CCc1nnn(-c2cc(Cl)ccc2O)c1C(=O)OC. The highest BCUT2D eigenvalue weighted by molar-refractivity contribution is 6.30. The van der Waals surface area contributed by atoms with Gasteiger partial charge in [0.2, 0.25) is 0 Å². The van der Waals surface area contributed by atoms with Gasteiger partial charge in [-0.25, -0.2) is 9.48 Å². The van der Waals surface area contributed by atoms with Crippen molar-refractivity contribution in [2.45, 2.75) is 13.3 Å². The van der Waals surface area contributed by atoms with Crippen LogP contribution in [0.1, 0.15) is 23.1 Å². The molecule has 0 spiro atoms. The fraction of sp³-hybridized carbons (Fsp3) is 0.250. The van der Waals surface area contributed by atoms with E-state index < -0.39 is 5.97 Å².